The molecule has 0 aliphatic rings. The highest BCUT2D eigenvalue weighted by molar-refractivity contribution is 6.30. The summed E-state index contributed by atoms with van der Waals surface area (Å²) in [7, 11) is 0. The predicted octanol–water partition coefficient (Wildman–Crippen LogP) is 6.75. The number of rotatable bonds is 5. The summed E-state index contributed by atoms with van der Waals surface area (Å²) in [5.74, 6) is 0.800. The Balaban J connectivity index is 1.54. The van der Waals surface area contributed by atoms with Crippen molar-refractivity contribution >= 4 is 34.6 Å². The van der Waals surface area contributed by atoms with Crippen LogP contribution in [-0.2, 0) is 0 Å². The minimum atomic E-state index is 0.701. The van der Waals surface area contributed by atoms with E-state index in [0.717, 1.165) is 44.8 Å². The van der Waals surface area contributed by atoms with Crippen LogP contribution in [-0.4, -0.2) is 21.9 Å². The molecule has 0 amide bonds. The average molecular weight is 435 g/mol. The lowest BCUT2D eigenvalue weighted by molar-refractivity contribution is 1.24. The van der Waals surface area contributed by atoms with Crippen LogP contribution >= 0.6 is 11.6 Å². The number of halogens is 1. The first-order chi connectivity index (χ1) is 15.8. The van der Waals surface area contributed by atoms with Gasteiger partial charge in [-0.3, -0.25) is 0 Å². The monoisotopic (exact) mass is 434 g/mol. The lowest BCUT2D eigenvalue weighted by Gasteiger charge is -2.05. The minimum Gasteiger partial charge on any atom is -0.338 e. The zero-order valence-corrected chi connectivity index (χ0v) is 17.9. The summed E-state index contributed by atoms with van der Waals surface area (Å²) in [5, 5.41) is 9.64. The van der Waals surface area contributed by atoms with Crippen molar-refractivity contribution in [3.63, 3.8) is 0 Å². The number of nitrogens with zero attached hydrogens (tertiary/aromatic N) is 3. The van der Waals surface area contributed by atoms with E-state index in [-0.39, 0.29) is 0 Å². The van der Waals surface area contributed by atoms with Gasteiger partial charge >= 0.3 is 0 Å². The van der Waals surface area contributed by atoms with Gasteiger partial charge in [0.25, 0.3) is 0 Å². The fourth-order valence-electron chi connectivity index (χ4n) is 3.47. The number of aromatic nitrogens is 2. The van der Waals surface area contributed by atoms with E-state index in [1.807, 2.05) is 97.1 Å². The van der Waals surface area contributed by atoms with Crippen molar-refractivity contribution in [2.45, 2.75) is 0 Å². The number of imidazole rings is 1. The summed E-state index contributed by atoms with van der Waals surface area (Å²) < 4.78 is 0. The van der Waals surface area contributed by atoms with E-state index in [0.29, 0.717) is 5.02 Å². The van der Waals surface area contributed by atoms with Crippen molar-refractivity contribution < 1.29 is 0 Å². The Hall–Kier alpha value is -4.02. The SMILES string of the molecule is Clc1ccc(-c2nc3ccc(/C(=N\N=C\c4ccccc4)c4ccccc4)cc3[nH]2)cc1. The molecule has 0 radical (unpaired) electrons. The molecule has 0 aliphatic heterocycles. The lowest BCUT2D eigenvalue weighted by atomic mass is 10.0. The second-order valence-electron chi connectivity index (χ2n) is 7.29. The lowest BCUT2D eigenvalue weighted by Crippen LogP contribution is -2.02. The maximum atomic E-state index is 6.02. The molecule has 0 unspecified atom stereocenters. The van der Waals surface area contributed by atoms with Gasteiger partial charge in [0.05, 0.1) is 17.2 Å². The van der Waals surface area contributed by atoms with E-state index in [9.17, 15) is 0 Å². The largest absolute Gasteiger partial charge is 0.338 e. The van der Waals surface area contributed by atoms with Crippen LogP contribution in [0.3, 0.4) is 0 Å². The topological polar surface area (TPSA) is 53.4 Å². The molecule has 0 spiro atoms. The molecule has 0 aliphatic carbocycles. The second-order valence-corrected chi connectivity index (χ2v) is 7.73. The smallest absolute Gasteiger partial charge is 0.138 e. The molecule has 0 saturated heterocycles. The van der Waals surface area contributed by atoms with E-state index < -0.39 is 0 Å². The fraction of sp³-hybridized carbons (Fsp3) is 0. The number of benzene rings is 4. The molecule has 5 heteroatoms. The number of H-pyrrole nitrogens is 1. The highest BCUT2D eigenvalue weighted by Gasteiger charge is 2.11. The number of fused-ring (bicyclic) bond motifs is 1. The Labute approximate surface area is 191 Å². The Kier molecular flexibility index (Phi) is 5.60. The minimum absolute atomic E-state index is 0.701. The molecule has 5 aromatic rings. The number of nitrogens with one attached hydrogen (secondary N) is 1. The molecule has 1 aromatic heterocycles. The van der Waals surface area contributed by atoms with E-state index in [1.165, 1.54) is 0 Å². The third-order valence-electron chi connectivity index (χ3n) is 5.08. The second kappa shape index (κ2) is 9.00. The summed E-state index contributed by atoms with van der Waals surface area (Å²) >= 11 is 6.02. The van der Waals surface area contributed by atoms with Crippen molar-refractivity contribution in [3.8, 4) is 11.4 Å². The third-order valence-corrected chi connectivity index (χ3v) is 5.34. The first-order valence-corrected chi connectivity index (χ1v) is 10.6. The highest BCUT2D eigenvalue weighted by Crippen LogP contribution is 2.24. The Morgan fingerprint density at radius 1 is 0.781 bits per heavy atom. The van der Waals surface area contributed by atoms with Crippen molar-refractivity contribution in [2.24, 2.45) is 10.2 Å². The van der Waals surface area contributed by atoms with E-state index >= 15 is 0 Å². The van der Waals surface area contributed by atoms with Gasteiger partial charge in [-0.25, -0.2) is 4.98 Å². The van der Waals surface area contributed by atoms with Crippen molar-refractivity contribution in [1.82, 2.24) is 9.97 Å². The summed E-state index contributed by atoms with van der Waals surface area (Å²) in [6.45, 7) is 0. The van der Waals surface area contributed by atoms with E-state index in [1.54, 1.807) is 6.21 Å². The van der Waals surface area contributed by atoms with Crippen LogP contribution in [0.5, 0.6) is 0 Å². The molecule has 1 heterocycles. The predicted molar refractivity (Wildman–Crippen MR) is 133 cm³/mol. The molecule has 0 bridgehead atoms. The molecular weight excluding hydrogens is 416 g/mol. The van der Waals surface area contributed by atoms with Gasteiger partial charge in [0.2, 0.25) is 0 Å². The Morgan fingerprint density at radius 3 is 2.25 bits per heavy atom. The quantitative estimate of drug-likeness (QED) is 0.241. The standard InChI is InChI=1S/C27H19ClN4/c28-23-14-11-21(12-15-23)27-30-24-16-13-22(17-25(24)31-27)26(20-9-5-2-6-10-20)32-29-18-19-7-3-1-4-8-19/h1-18H,(H,30,31)/b29-18+,32-26-. The molecule has 0 atom stereocenters. The zero-order valence-electron chi connectivity index (χ0n) is 17.1. The van der Waals surface area contributed by atoms with Gasteiger partial charge in [0.15, 0.2) is 0 Å². The normalized spacial score (nSPS) is 12.0. The summed E-state index contributed by atoms with van der Waals surface area (Å²) in [4.78, 5) is 8.13. The number of hydrogen-bond acceptors (Lipinski definition) is 3. The van der Waals surface area contributed by atoms with Crippen LogP contribution in [0.1, 0.15) is 16.7 Å². The molecule has 154 valence electrons. The molecule has 4 nitrogen and oxygen atoms in total. The molecule has 0 saturated carbocycles. The Bertz CT molecular complexity index is 1400. The van der Waals surface area contributed by atoms with Crippen molar-refractivity contribution in [2.75, 3.05) is 0 Å². The first-order valence-electron chi connectivity index (χ1n) is 10.2. The summed E-state index contributed by atoms with van der Waals surface area (Å²) in [5.41, 5.74) is 6.55. The maximum Gasteiger partial charge on any atom is 0.138 e. The van der Waals surface area contributed by atoms with Gasteiger partial charge in [0, 0.05) is 21.7 Å². The molecule has 0 fully saturated rings. The van der Waals surface area contributed by atoms with Crippen LogP contribution in [0.2, 0.25) is 5.02 Å². The number of hydrogen-bond donors (Lipinski definition) is 1. The fourth-order valence-corrected chi connectivity index (χ4v) is 3.60. The van der Waals surface area contributed by atoms with Gasteiger partial charge in [0.1, 0.15) is 11.5 Å². The summed E-state index contributed by atoms with van der Waals surface area (Å²) in [6.07, 6.45) is 1.76. The van der Waals surface area contributed by atoms with Gasteiger partial charge in [-0.2, -0.15) is 5.10 Å². The van der Waals surface area contributed by atoms with Crippen molar-refractivity contribution in [1.29, 1.82) is 0 Å². The van der Waals surface area contributed by atoms with Crippen molar-refractivity contribution in [3.05, 3.63) is 125 Å². The van der Waals surface area contributed by atoms with Gasteiger partial charge in [-0.05, 0) is 42.0 Å². The van der Waals surface area contributed by atoms with Gasteiger partial charge in [-0.1, -0.05) is 78.3 Å². The van der Waals surface area contributed by atoms with Gasteiger partial charge in [-0.15, -0.1) is 5.10 Å². The van der Waals surface area contributed by atoms with Crippen LogP contribution < -0.4 is 0 Å². The molecular formula is C27H19ClN4. The van der Waals surface area contributed by atoms with Crippen LogP contribution in [0, 0.1) is 0 Å². The first kappa shape index (κ1) is 19.9. The van der Waals surface area contributed by atoms with Crippen LogP contribution in [0.15, 0.2) is 113 Å². The van der Waals surface area contributed by atoms with Gasteiger partial charge < -0.3 is 4.98 Å². The van der Waals surface area contributed by atoms with Crippen LogP contribution in [0.25, 0.3) is 22.4 Å². The molecule has 1 N–H and O–H groups in total. The number of aromatic amines is 1. The average Bonchev–Trinajstić information content (AvgIpc) is 3.27. The highest BCUT2D eigenvalue weighted by atomic mass is 35.5. The third kappa shape index (κ3) is 4.36. The molecule has 32 heavy (non-hydrogen) atoms. The van der Waals surface area contributed by atoms with E-state index in [4.69, 9.17) is 16.6 Å². The Morgan fingerprint density at radius 2 is 1.50 bits per heavy atom. The molecule has 4 aromatic carbocycles. The van der Waals surface area contributed by atoms with Crippen LogP contribution in [0.4, 0.5) is 0 Å². The summed E-state index contributed by atoms with van der Waals surface area (Å²) in [6, 6.07) is 33.7. The zero-order chi connectivity index (χ0) is 21.8. The van der Waals surface area contributed by atoms with E-state index in [2.05, 4.69) is 21.3 Å². The molecule has 5 rings (SSSR count). The maximum absolute atomic E-state index is 6.02.